The fourth-order valence-corrected chi connectivity index (χ4v) is 3.84. The van der Waals surface area contributed by atoms with Gasteiger partial charge in [0.1, 0.15) is 5.75 Å². The third-order valence-corrected chi connectivity index (χ3v) is 5.31. The number of carbonyl (C=O) groups is 1. The molecule has 0 aliphatic carbocycles. The molecule has 0 unspecified atom stereocenters. The Hall–Kier alpha value is -3.44. The number of thiazole rings is 1. The van der Waals surface area contributed by atoms with Crippen molar-refractivity contribution in [1.29, 1.82) is 0 Å². The number of amides is 1. The standard InChI is InChI=1S/C24H20N2O2S/c1-17-23(20-10-6-3-7-11-20)26-24(29-17)25-22(27)16-28-21-14-12-19(13-15-21)18-8-4-2-5-9-18/h2-15H,16H2,1H3,(H,25,26,27). The van der Waals surface area contributed by atoms with Crippen LogP contribution in [0.5, 0.6) is 5.75 Å². The van der Waals surface area contributed by atoms with Gasteiger partial charge in [0.05, 0.1) is 5.69 Å². The minimum atomic E-state index is -0.231. The van der Waals surface area contributed by atoms with Crippen LogP contribution in [0.2, 0.25) is 0 Å². The number of nitrogens with zero attached hydrogens (tertiary/aromatic N) is 1. The number of benzene rings is 3. The number of hydrogen-bond acceptors (Lipinski definition) is 4. The molecule has 3 aromatic carbocycles. The minimum absolute atomic E-state index is 0.0655. The molecule has 0 aliphatic rings. The highest BCUT2D eigenvalue weighted by Crippen LogP contribution is 2.30. The maximum Gasteiger partial charge on any atom is 0.264 e. The van der Waals surface area contributed by atoms with E-state index in [-0.39, 0.29) is 12.5 Å². The van der Waals surface area contributed by atoms with E-state index in [0.717, 1.165) is 27.3 Å². The van der Waals surface area contributed by atoms with Crippen LogP contribution in [0.25, 0.3) is 22.4 Å². The summed E-state index contributed by atoms with van der Waals surface area (Å²) >= 11 is 1.46. The van der Waals surface area contributed by atoms with Gasteiger partial charge in [-0.2, -0.15) is 0 Å². The largest absolute Gasteiger partial charge is 0.484 e. The zero-order valence-corrected chi connectivity index (χ0v) is 16.8. The number of anilines is 1. The molecular formula is C24H20N2O2S. The monoisotopic (exact) mass is 400 g/mol. The fourth-order valence-electron chi connectivity index (χ4n) is 2.99. The molecule has 4 aromatic rings. The molecule has 0 saturated heterocycles. The quantitative estimate of drug-likeness (QED) is 0.445. The van der Waals surface area contributed by atoms with Gasteiger partial charge in [0, 0.05) is 10.4 Å². The average Bonchev–Trinajstić information content (AvgIpc) is 3.14. The summed E-state index contributed by atoms with van der Waals surface area (Å²) in [5, 5.41) is 3.40. The molecule has 1 heterocycles. The summed E-state index contributed by atoms with van der Waals surface area (Å²) < 4.78 is 5.62. The van der Waals surface area contributed by atoms with E-state index < -0.39 is 0 Å². The van der Waals surface area contributed by atoms with Gasteiger partial charge in [0.15, 0.2) is 11.7 Å². The van der Waals surface area contributed by atoms with Crippen molar-refractivity contribution in [2.45, 2.75) is 6.92 Å². The van der Waals surface area contributed by atoms with Gasteiger partial charge >= 0.3 is 0 Å². The molecular weight excluding hydrogens is 380 g/mol. The van der Waals surface area contributed by atoms with E-state index in [1.165, 1.54) is 11.3 Å². The van der Waals surface area contributed by atoms with E-state index in [1.54, 1.807) is 0 Å². The molecule has 1 aromatic heterocycles. The van der Waals surface area contributed by atoms with Gasteiger partial charge < -0.3 is 4.74 Å². The number of aromatic nitrogens is 1. The van der Waals surface area contributed by atoms with Crippen molar-refractivity contribution in [2.75, 3.05) is 11.9 Å². The second kappa shape index (κ2) is 8.71. The third-order valence-electron chi connectivity index (χ3n) is 4.42. The van der Waals surface area contributed by atoms with Crippen molar-refractivity contribution in [2.24, 2.45) is 0 Å². The number of rotatable bonds is 6. The van der Waals surface area contributed by atoms with Crippen LogP contribution < -0.4 is 10.1 Å². The van der Waals surface area contributed by atoms with Gasteiger partial charge in [-0.25, -0.2) is 4.98 Å². The lowest BCUT2D eigenvalue weighted by Gasteiger charge is -2.07. The summed E-state index contributed by atoms with van der Waals surface area (Å²) in [6.07, 6.45) is 0. The first-order chi connectivity index (χ1) is 14.2. The number of aryl methyl sites for hydroxylation is 1. The fraction of sp³-hybridized carbons (Fsp3) is 0.0833. The van der Waals surface area contributed by atoms with Crippen molar-refractivity contribution in [3.8, 4) is 28.1 Å². The van der Waals surface area contributed by atoms with Gasteiger partial charge in [0.25, 0.3) is 5.91 Å². The Morgan fingerprint density at radius 2 is 1.45 bits per heavy atom. The van der Waals surface area contributed by atoms with E-state index in [9.17, 15) is 4.79 Å². The first kappa shape index (κ1) is 18.9. The zero-order valence-electron chi connectivity index (χ0n) is 16.0. The molecule has 0 atom stereocenters. The predicted octanol–water partition coefficient (Wildman–Crippen LogP) is 5.80. The molecule has 0 radical (unpaired) electrons. The second-order valence-corrected chi connectivity index (χ2v) is 7.72. The Kier molecular flexibility index (Phi) is 5.68. The van der Waals surface area contributed by atoms with Crippen molar-refractivity contribution < 1.29 is 9.53 Å². The normalized spacial score (nSPS) is 10.5. The Balaban J connectivity index is 1.35. The van der Waals surface area contributed by atoms with Gasteiger partial charge in [-0.05, 0) is 30.2 Å². The lowest BCUT2D eigenvalue weighted by molar-refractivity contribution is -0.118. The van der Waals surface area contributed by atoms with Gasteiger partial charge in [0.2, 0.25) is 0 Å². The molecule has 5 heteroatoms. The third kappa shape index (κ3) is 4.70. The Morgan fingerprint density at radius 3 is 2.10 bits per heavy atom. The lowest BCUT2D eigenvalue weighted by Crippen LogP contribution is -2.20. The summed E-state index contributed by atoms with van der Waals surface area (Å²) in [6.45, 7) is 1.93. The Labute approximate surface area is 173 Å². The molecule has 1 N–H and O–H groups in total. The number of ether oxygens (including phenoxy) is 1. The summed E-state index contributed by atoms with van der Waals surface area (Å²) in [5.41, 5.74) is 4.18. The smallest absolute Gasteiger partial charge is 0.264 e. The maximum atomic E-state index is 12.3. The van der Waals surface area contributed by atoms with E-state index in [1.807, 2.05) is 79.7 Å². The molecule has 1 amide bonds. The van der Waals surface area contributed by atoms with Crippen LogP contribution in [0.1, 0.15) is 4.88 Å². The number of nitrogens with one attached hydrogen (secondary N) is 1. The van der Waals surface area contributed by atoms with Crippen molar-refractivity contribution in [1.82, 2.24) is 4.98 Å². The van der Waals surface area contributed by atoms with E-state index in [2.05, 4.69) is 22.4 Å². The van der Waals surface area contributed by atoms with Crippen LogP contribution >= 0.6 is 11.3 Å². The first-order valence-electron chi connectivity index (χ1n) is 9.30. The van der Waals surface area contributed by atoms with Gasteiger partial charge in [-0.15, -0.1) is 11.3 Å². The number of hydrogen-bond donors (Lipinski definition) is 1. The van der Waals surface area contributed by atoms with E-state index >= 15 is 0 Å². The van der Waals surface area contributed by atoms with E-state index in [0.29, 0.717) is 10.9 Å². The molecule has 4 nitrogen and oxygen atoms in total. The van der Waals surface area contributed by atoms with Gasteiger partial charge in [-0.1, -0.05) is 72.8 Å². The van der Waals surface area contributed by atoms with Crippen LogP contribution in [0.15, 0.2) is 84.9 Å². The molecule has 0 fully saturated rings. The van der Waals surface area contributed by atoms with Crippen LogP contribution in [0, 0.1) is 6.92 Å². The summed E-state index contributed by atoms with van der Waals surface area (Å²) in [7, 11) is 0. The summed E-state index contributed by atoms with van der Waals surface area (Å²) in [6, 6.07) is 27.8. The Bertz CT molecular complexity index is 1090. The number of carbonyl (C=O) groups excluding carboxylic acids is 1. The summed E-state index contributed by atoms with van der Waals surface area (Å²) in [4.78, 5) is 17.9. The Morgan fingerprint density at radius 1 is 0.862 bits per heavy atom. The van der Waals surface area contributed by atoms with Crippen LogP contribution in [-0.4, -0.2) is 17.5 Å². The van der Waals surface area contributed by atoms with Crippen LogP contribution in [-0.2, 0) is 4.79 Å². The lowest BCUT2D eigenvalue weighted by atomic mass is 10.1. The molecule has 0 aliphatic heterocycles. The molecule has 29 heavy (non-hydrogen) atoms. The van der Waals surface area contributed by atoms with Crippen LogP contribution in [0.4, 0.5) is 5.13 Å². The highest BCUT2D eigenvalue weighted by atomic mass is 32.1. The van der Waals surface area contributed by atoms with E-state index in [4.69, 9.17) is 4.74 Å². The summed E-state index contributed by atoms with van der Waals surface area (Å²) in [5.74, 6) is 0.422. The highest BCUT2D eigenvalue weighted by Gasteiger charge is 2.12. The molecule has 0 spiro atoms. The zero-order chi connectivity index (χ0) is 20.1. The molecule has 4 rings (SSSR count). The van der Waals surface area contributed by atoms with Gasteiger partial charge in [-0.3, -0.25) is 10.1 Å². The second-order valence-electron chi connectivity index (χ2n) is 6.52. The molecule has 144 valence electrons. The molecule has 0 bridgehead atoms. The average molecular weight is 401 g/mol. The van der Waals surface area contributed by atoms with Crippen molar-refractivity contribution in [3.63, 3.8) is 0 Å². The maximum absolute atomic E-state index is 12.3. The highest BCUT2D eigenvalue weighted by molar-refractivity contribution is 7.16. The first-order valence-corrected chi connectivity index (χ1v) is 10.1. The SMILES string of the molecule is Cc1sc(NC(=O)COc2ccc(-c3ccccc3)cc2)nc1-c1ccccc1. The van der Waals surface area contributed by atoms with Crippen molar-refractivity contribution >= 4 is 22.4 Å². The van der Waals surface area contributed by atoms with Crippen LogP contribution in [0.3, 0.4) is 0 Å². The molecule has 0 saturated carbocycles. The minimum Gasteiger partial charge on any atom is -0.484 e. The predicted molar refractivity (Wildman–Crippen MR) is 118 cm³/mol. The topological polar surface area (TPSA) is 51.2 Å². The van der Waals surface area contributed by atoms with Crippen molar-refractivity contribution in [3.05, 3.63) is 89.8 Å².